The van der Waals surface area contributed by atoms with Crippen molar-refractivity contribution in [2.45, 2.75) is 13.8 Å². The summed E-state index contributed by atoms with van der Waals surface area (Å²) in [6.07, 6.45) is 2.65. The first-order chi connectivity index (χ1) is 7.04. The SMILES string of the molecule is Cc1cc(C#N)cc(C)c1C=CC(=O)O. The molecule has 3 nitrogen and oxygen atoms in total. The third kappa shape index (κ3) is 2.68. The molecule has 0 bridgehead atoms. The second kappa shape index (κ2) is 4.43. The maximum Gasteiger partial charge on any atom is 0.328 e. The van der Waals surface area contributed by atoms with Crippen LogP contribution in [0.5, 0.6) is 0 Å². The van der Waals surface area contributed by atoms with Gasteiger partial charge in [-0.05, 0) is 48.7 Å². The van der Waals surface area contributed by atoms with Crippen molar-refractivity contribution in [3.8, 4) is 6.07 Å². The van der Waals surface area contributed by atoms with E-state index in [0.29, 0.717) is 5.56 Å². The number of benzene rings is 1. The van der Waals surface area contributed by atoms with E-state index in [1.54, 1.807) is 18.2 Å². The van der Waals surface area contributed by atoms with Gasteiger partial charge >= 0.3 is 5.97 Å². The largest absolute Gasteiger partial charge is 0.478 e. The summed E-state index contributed by atoms with van der Waals surface area (Å²) in [4.78, 5) is 10.4. The lowest BCUT2D eigenvalue weighted by atomic mass is 9.99. The summed E-state index contributed by atoms with van der Waals surface area (Å²) in [7, 11) is 0. The van der Waals surface area contributed by atoms with Crippen LogP contribution in [-0.4, -0.2) is 11.1 Å². The molecular weight excluding hydrogens is 190 g/mol. The Bertz CT molecular complexity index is 444. The standard InChI is InChI=1S/C12H11NO2/c1-8-5-10(7-13)6-9(2)11(8)3-4-12(14)15/h3-6H,1-2H3,(H,14,15). The number of nitriles is 1. The average molecular weight is 201 g/mol. The van der Waals surface area contributed by atoms with Crippen LogP contribution < -0.4 is 0 Å². The van der Waals surface area contributed by atoms with Crippen molar-refractivity contribution in [2.75, 3.05) is 0 Å². The van der Waals surface area contributed by atoms with E-state index in [0.717, 1.165) is 22.8 Å². The van der Waals surface area contributed by atoms with Crippen molar-refractivity contribution < 1.29 is 9.90 Å². The Balaban J connectivity index is 3.21. The van der Waals surface area contributed by atoms with E-state index in [1.165, 1.54) is 0 Å². The number of aryl methyl sites for hydroxylation is 2. The predicted octanol–water partition coefficient (Wildman–Crippen LogP) is 2.27. The molecule has 0 radical (unpaired) electrons. The minimum atomic E-state index is -0.974. The molecule has 3 heteroatoms. The minimum absolute atomic E-state index is 0.595. The van der Waals surface area contributed by atoms with Gasteiger partial charge in [0.1, 0.15) is 0 Å². The van der Waals surface area contributed by atoms with E-state index in [1.807, 2.05) is 13.8 Å². The number of nitrogens with zero attached hydrogens (tertiary/aromatic N) is 1. The van der Waals surface area contributed by atoms with Gasteiger partial charge in [-0.1, -0.05) is 0 Å². The van der Waals surface area contributed by atoms with Gasteiger partial charge in [-0.2, -0.15) is 5.26 Å². The Morgan fingerprint density at radius 1 is 1.40 bits per heavy atom. The van der Waals surface area contributed by atoms with Gasteiger partial charge in [0.05, 0.1) is 11.6 Å². The van der Waals surface area contributed by atoms with E-state index in [2.05, 4.69) is 6.07 Å². The molecule has 0 fully saturated rings. The molecule has 0 saturated heterocycles. The van der Waals surface area contributed by atoms with Crippen LogP contribution in [0.15, 0.2) is 18.2 Å². The highest BCUT2D eigenvalue weighted by molar-refractivity contribution is 5.86. The average Bonchev–Trinajstić information content (AvgIpc) is 2.15. The summed E-state index contributed by atoms with van der Waals surface area (Å²) in [5.41, 5.74) is 3.27. The molecule has 0 aliphatic carbocycles. The molecule has 0 atom stereocenters. The van der Waals surface area contributed by atoms with Crippen LogP contribution in [-0.2, 0) is 4.79 Å². The van der Waals surface area contributed by atoms with Gasteiger partial charge in [-0.25, -0.2) is 4.79 Å². The van der Waals surface area contributed by atoms with Crippen molar-refractivity contribution in [1.82, 2.24) is 0 Å². The summed E-state index contributed by atoms with van der Waals surface area (Å²) >= 11 is 0. The Labute approximate surface area is 88.3 Å². The molecule has 1 rings (SSSR count). The molecule has 1 aromatic carbocycles. The van der Waals surface area contributed by atoms with Crippen molar-refractivity contribution in [2.24, 2.45) is 0 Å². The monoisotopic (exact) mass is 201 g/mol. The topological polar surface area (TPSA) is 61.1 Å². The molecule has 1 aromatic rings. The zero-order valence-electron chi connectivity index (χ0n) is 8.61. The molecule has 0 amide bonds. The second-order valence-electron chi connectivity index (χ2n) is 3.31. The zero-order valence-corrected chi connectivity index (χ0v) is 8.61. The lowest BCUT2D eigenvalue weighted by Crippen LogP contribution is -1.91. The minimum Gasteiger partial charge on any atom is -0.478 e. The van der Waals surface area contributed by atoms with Gasteiger partial charge in [0, 0.05) is 6.08 Å². The molecule has 1 N–H and O–H groups in total. The molecule has 76 valence electrons. The number of aliphatic carboxylic acids is 1. The number of rotatable bonds is 2. The lowest BCUT2D eigenvalue weighted by molar-refractivity contribution is -0.131. The number of hydrogen-bond acceptors (Lipinski definition) is 2. The van der Waals surface area contributed by atoms with Gasteiger partial charge in [0.2, 0.25) is 0 Å². The normalized spacial score (nSPS) is 10.2. The van der Waals surface area contributed by atoms with Crippen LogP contribution in [0.25, 0.3) is 6.08 Å². The van der Waals surface area contributed by atoms with Gasteiger partial charge in [-0.3, -0.25) is 0 Å². The fourth-order valence-electron chi connectivity index (χ4n) is 1.46. The highest BCUT2D eigenvalue weighted by Crippen LogP contribution is 2.17. The molecular formula is C12H11NO2. The van der Waals surface area contributed by atoms with Crippen LogP contribution in [0.3, 0.4) is 0 Å². The second-order valence-corrected chi connectivity index (χ2v) is 3.31. The molecule has 0 unspecified atom stereocenters. The summed E-state index contributed by atoms with van der Waals surface area (Å²) in [6.45, 7) is 3.71. The first-order valence-electron chi connectivity index (χ1n) is 4.47. The summed E-state index contributed by atoms with van der Waals surface area (Å²) < 4.78 is 0. The predicted molar refractivity (Wildman–Crippen MR) is 57.3 cm³/mol. The number of carboxylic acid groups (broad SMARTS) is 1. The van der Waals surface area contributed by atoms with Crippen LogP contribution in [0.4, 0.5) is 0 Å². The summed E-state index contributed by atoms with van der Waals surface area (Å²) in [6, 6.07) is 5.55. The van der Waals surface area contributed by atoms with Crippen molar-refractivity contribution in [1.29, 1.82) is 5.26 Å². The lowest BCUT2D eigenvalue weighted by Gasteiger charge is -2.05. The number of carboxylic acids is 1. The molecule has 0 aromatic heterocycles. The smallest absolute Gasteiger partial charge is 0.328 e. The number of hydrogen-bond donors (Lipinski definition) is 1. The fraction of sp³-hybridized carbons (Fsp3) is 0.167. The fourth-order valence-corrected chi connectivity index (χ4v) is 1.46. The molecule has 0 spiro atoms. The Morgan fingerprint density at radius 2 is 1.93 bits per heavy atom. The highest BCUT2D eigenvalue weighted by Gasteiger charge is 2.02. The first kappa shape index (κ1) is 11.0. The maximum absolute atomic E-state index is 10.4. The zero-order chi connectivity index (χ0) is 11.4. The Hall–Kier alpha value is -2.08. The molecule has 0 aliphatic rings. The van der Waals surface area contributed by atoms with Crippen molar-refractivity contribution >= 4 is 12.0 Å². The van der Waals surface area contributed by atoms with E-state index in [4.69, 9.17) is 10.4 Å². The van der Waals surface area contributed by atoms with Gasteiger partial charge in [0.15, 0.2) is 0 Å². The number of carbonyl (C=O) groups is 1. The quantitative estimate of drug-likeness (QED) is 0.746. The Kier molecular flexibility index (Phi) is 3.25. The van der Waals surface area contributed by atoms with Gasteiger partial charge < -0.3 is 5.11 Å². The van der Waals surface area contributed by atoms with Crippen LogP contribution in [0.1, 0.15) is 22.3 Å². The van der Waals surface area contributed by atoms with Gasteiger partial charge in [-0.15, -0.1) is 0 Å². The van der Waals surface area contributed by atoms with E-state index in [9.17, 15) is 4.79 Å². The molecule has 0 saturated carbocycles. The summed E-state index contributed by atoms with van der Waals surface area (Å²) in [5, 5.41) is 17.3. The van der Waals surface area contributed by atoms with E-state index >= 15 is 0 Å². The summed E-state index contributed by atoms with van der Waals surface area (Å²) in [5.74, 6) is -0.974. The molecule has 0 heterocycles. The maximum atomic E-state index is 10.4. The van der Waals surface area contributed by atoms with Crippen molar-refractivity contribution in [3.63, 3.8) is 0 Å². The molecule has 0 aliphatic heterocycles. The van der Waals surface area contributed by atoms with E-state index < -0.39 is 5.97 Å². The third-order valence-electron chi connectivity index (χ3n) is 2.12. The van der Waals surface area contributed by atoms with Gasteiger partial charge in [0.25, 0.3) is 0 Å². The van der Waals surface area contributed by atoms with Crippen molar-refractivity contribution in [3.05, 3.63) is 40.5 Å². The van der Waals surface area contributed by atoms with E-state index in [-0.39, 0.29) is 0 Å². The third-order valence-corrected chi connectivity index (χ3v) is 2.12. The van der Waals surface area contributed by atoms with Crippen LogP contribution in [0, 0.1) is 25.2 Å². The van der Waals surface area contributed by atoms with Crippen LogP contribution >= 0.6 is 0 Å². The first-order valence-corrected chi connectivity index (χ1v) is 4.47. The van der Waals surface area contributed by atoms with Crippen LogP contribution in [0.2, 0.25) is 0 Å². The Morgan fingerprint density at radius 3 is 2.33 bits per heavy atom. The highest BCUT2D eigenvalue weighted by atomic mass is 16.4. The molecule has 15 heavy (non-hydrogen) atoms.